The van der Waals surface area contributed by atoms with E-state index >= 15 is 0 Å². The van der Waals surface area contributed by atoms with Crippen molar-refractivity contribution in [3.05, 3.63) is 59.4 Å². The summed E-state index contributed by atoms with van der Waals surface area (Å²) >= 11 is 6.00. The number of hydrogen-bond acceptors (Lipinski definition) is 4. The van der Waals surface area contributed by atoms with Crippen LogP contribution in [-0.2, 0) is 16.4 Å². The molecule has 4 rings (SSSR count). The van der Waals surface area contributed by atoms with Crippen LogP contribution in [0.1, 0.15) is 18.4 Å². The van der Waals surface area contributed by atoms with Gasteiger partial charge in [0, 0.05) is 23.5 Å². The van der Waals surface area contributed by atoms with Gasteiger partial charge in [0.2, 0.25) is 0 Å². The van der Waals surface area contributed by atoms with E-state index in [0.29, 0.717) is 16.6 Å². The Morgan fingerprint density at radius 2 is 2.12 bits per heavy atom. The molecule has 7 heteroatoms. The molecule has 0 radical (unpaired) electrons. The van der Waals surface area contributed by atoms with Gasteiger partial charge in [-0.15, -0.1) is 0 Å². The number of benzene rings is 1. The van der Waals surface area contributed by atoms with Crippen molar-refractivity contribution in [3.63, 3.8) is 0 Å². The lowest BCUT2D eigenvalue weighted by Gasteiger charge is -2.18. The van der Waals surface area contributed by atoms with Crippen molar-refractivity contribution in [1.29, 1.82) is 0 Å². The first-order valence-corrected chi connectivity index (χ1v) is 10.4. The van der Waals surface area contributed by atoms with Crippen molar-refractivity contribution in [2.45, 2.75) is 30.2 Å². The van der Waals surface area contributed by atoms with Crippen molar-refractivity contribution >= 4 is 32.7 Å². The number of hydrogen-bond donors (Lipinski definition) is 0. The van der Waals surface area contributed by atoms with Gasteiger partial charge in [0.05, 0.1) is 15.9 Å². The smallest absolute Gasteiger partial charge is 0.268 e. The van der Waals surface area contributed by atoms with Crippen LogP contribution in [0.4, 0.5) is 0 Å². The van der Waals surface area contributed by atoms with Gasteiger partial charge >= 0.3 is 0 Å². The van der Waals surface area contributed by atoms with Crippen molar-refractivity contribution in [3.8, 4) is 0 Å². The number of rotatable bonds is 4. The van der Waals surface area contributed by atoms with Crippen LogP contribution in [0.5, 0.6) is 0 Å². The first-order valence-electron chi connectivity index (χ1n) is 8.63. The molecular formula is C19H20ClN3O2S. The van der Waals surface area contributed by atoms with E-state index in [1.807, 2.05) is 0 Å². The molecule has 0 amide bonds. The van der Waals surface area contributed by atoms with Gasteiger partial charge in [-0.25, -0.2) is 12.4 Å². The Balaban J connectivity index is 1.83. The number of pyridine rings is 1. The predicted octanol–water partition coefficient (Wildman–Crippen LogP) is 3.56. The molecule has 136 valence electrons. The maximum Gasteiger partial charge on any atom is 0.268 e. The quantitative estimate of drug-likeness (QED) is 0.684. The Labute approximate surface area is 158 Å². The molecule has 0 aliphatic carbocycles. The minimum absolute atomic E-state index is 0.176. The van der Waals surface area contributed by atoms with Crippen molar-refractivity contribution in [2.75, 3.05) is 13.6 Å². The third-order valence-corrected chi connectivity index (χ3v) is 6.99. The summed E-state index contributed by atoms with van der Waals surface area (Å²) < 4.78 is 27.7. The van der Waals surface area contributed by atoms with Gasteiger partial charge in [-0.3, -0.25) is 4.98 Å². The summed E-state index contributed by atoms with van der Waals surface area (Å²) in [5.74, 6) is 0. The molecule has 0 saturated carbocycles. The maximum absolute atomic E-state index is 13.2. The molecule has 0 N–H and O–H groups in total. The molecule has 1 aliphatic rings. The number of likely N-dealkylation sites (tertiary alicyclic amines) is 1. The van der Waals surface area contributed by atoms with Gasteiger partial charge in [0.25, 0.3) is 10.0 Å². The summed E-state index contributed by atoms with van der Waals surface area (Å²) in [5.41, 5.74) is 2.31. The van der Waals surface area contributed by atoms with Gasteiger partial charge < -0.3 is 4.90 Å². The van der Waals surface area contributed by atoms with Crippen molar-refractivity contribution < 1.29 is 8.42 Å². The Morgan fingerprint density at radius 1 is 1.27 bits per heavy atom. The van der Waals surface area contributed by atoms with E-state index in [-0.39, 0.29) is 4.90 Å². The number of halogens is 1. The molecule has 5 nitrogen and oxygen atoms in total. The van der Waals surface area contributed by atoms with Crippen LogP contribution in [0.2, 0.25) is 5.02 Å². The Hall–Kier alpha value is -1.89. The summed E-state index contributed by atoms with van der Waals surface area (Å²) in [6, 6.07) is 10.3. The first kappa shape index (κ1) is 17.5. The van der Waals surface area contributed by atoms with Gasteiger partial charge in [0.15, 0.2) is 0 Å². The fourth-order valence-corrected chi connectivity index (χ4v) is 5.36. The number of likely N-dealkylation sites (N-methyl/N-ethyl adjacent to an activating group) is 1. The molecule has 1 atom stereocenters. The molecule has 1 fully saturated rings. The molecule has 26 heavy (non-hydrogen) atoms. The van der Waals surface area contributed by atoms with Crippen LogP contribution in [-0.4, -0.2) is 41.9 Å². The third-order valence-electron chi connectivity index (χ3n) is 5.08. The van der Waals surface area contributed by atoms with E-state index in [9.17, 15) is 8.42 Å². The highest BCUT2D eigenvalue weighted by Gasteiger charge is 2.26. The lowest BCUT2D eigenvalue weighted by atomic mass is 10.1. The molecular weight excluding hydrogens is 370 g/mol. The Morgan fingerprint density at radius 3 is 2.85 bits per heavy atom. The van der Waals surface area contributed by atoms with Crippen LogP contribution in [0.25, 0.3) is 11.0 Å². The monoisotopic (exact) mass is 389 g/mol. The van der Waals surface area contributed by atoms with Crippen LogP contribution in [0, 0.1) is 0 Å². The fraction of sp³-hybridized carbons (Fsp3) is 0.316. The predicted molar refractivity (Wildman–Crippen MR) is 103 cm³/mol. The van der Waals surface area contributed by atoms with Gasteiger partial charge in [-0.05, 0) is 68.8 Å². The number of aromatic nitrogens is 2. The summed E-state index contributed by atoms with van der Waals surface area (Å²) in [6.45, 7) is 1.08. The summed E-state index contributed by atoms with van der Waals surface area (Å²) in [5, 5.41) is 0.397. The van der Waals surface area contributed by atoms with Crippen LogP contribution in [0.3, 0.4) is 0 Å². The fourth-order valence-electron chi connectivity index (χ4n) is 3.67. The van der Waals surface area contributed by atoms with Gasteiger partial charge in [0.1, 0.15) is 0 Å². The van der Waals surface area contributed by atoms with Crippen molar-refractivity contribution in [1.82, 2.24) is 13.9 Å². The minimum Gasteiger partial charge on any atom is -0.303 e. The average molecular weight is 390 g/mol. The zero-order valence-corrected chi connectivity index (χ0v) is 16.0. The van der Waals surface area contributed by atoms with Crippen LogP contribution >= 0.6 is 11.6 Å². The molecule has 3 aromatic rings. The van der Waals surface area contributed by atoms with E-state index in [0.717, 1.165) is 30.5 Å². The molecule has 0 unspecified atom stereocenters. The average Bonchev–Trinajstić information content (AvgIpc) is 3.20. The van der Waals surface area contributed by atoms with E-state index < -0.39 is 10.0 Å². The second-order valence-electron chi connectivity index (χ2n) is 6.76. The Bertz CT molecular complexity index is 1060. The highest BCUT2D eigenvalue weighted by atomic mass is 35.5. The van der Waals surface area contributed by atoms with E-state index in [4.69, 9.17) is 11.6 Å². The second-order valence-corrected chi connectivity index (χ2v) is 9.02. The zero-order valence-electron chi connectivity index (χ0n) is 14.5. The maximum atomic E-state index is 13.2. The molecule has 0 spiro atoms. The highest BCUT2D eigenvalue weighted by molar-refractivity contribution is 7.90. The van der Waals surface area contributed by atoms with Gasteiger partial charge in [-0.1, -0.05) is 17.7 Å². The van der Waals surface area contributed by atoms with E-state index in [1.54, 1.807) is 42.7 Å². The summed E-state index contributed by atoms with van der Waals surface area (Å²) in [6.07, 6.45) is 6.52. The normalized spacial score (nSPS) is 18.6. The van der Waals surface area contributed by atoms with Crippen molar-refractivity contribution in [2.24, 2.45) is 0 Å². The zero-order chi connectivity index (χ0) is 18.3. The summed E-state index contributed by atoms with van der Waals surface area (Å²) in [4.78, 5) is 6.97. The number of nitrogens with zero attached hydrogens (tertiary/aromatic N) is 3. The van der Waals surface area contributed by atoms with Crippen LogP contribution in [0.15, 0.2) is 53.7 Å². The first-order chi connectivity index (χ1) is 12.5. The van der Waals surface area contributed by atoms with E-state index in [1.165, 1.54) is 16.5 Å². The summed E-state index contributed by atoms with van der Waals surface area (Å²) in [7, 11) is -1.62. The second kappa shape index (κ2) is 6.68. The molecule has 1 saturated heterocycles. The number of fused-ring (bicyclic) bond motifs is 1. The molecule has 1 aliphatic heterocycles. The third kappa shape index (κ3) is 3.02. The van der Waals surface area contributed by atoms with Crippen LogP contribution < -0.4 is 0 Å². The SMILES string of the molecule is CN1CCC[C@@H]1Cc1cn(S(=O)(=O)c2cccc(Cl)c2)c2cccnc12. The highest BCUT2D eigenvalue weighted by Crippen LogP contribution is 2.28. The molecule has 2 aromatic heterocycles. The Kier molecular flexibility index (Phi) is 4.50. The topological polar surface area (TPSA) is 55.2 Å². The lowest BCUT2D eigenvalue weighted by molar-refractivity contribution is 0.309. The molecule has 3 heterocycles. The standard InChI is InChI=1S/C19H20ClN3O2S/c1-22-10-4-6-16(22)11-14-13-23(18-8-3-9-21-19(14)18)26(24,25)17-7-2-5-15(20)12-17/h2-3,5,7-9,12-13,16H,4,6,10-11H2,1H3/t16-/m1/s1. The molecule has 1 aromatic carbocycles. The lowest BCUT2D eigenvalue weighted by Crippen LogP contribution is -2.26. The van der Waals surface area contributed by atoms with E-state index in [2.05, 4.69) is 16.9 Å². The molecule has 0 bridgehead atoms. The largest absolute Gasteiger partial charge is 0.303 e. The minimum atomic E-state index is -3.74. The van der Waals surface area contributed by atoms with Gasteiger partial charge in [-0.2, -0.15) is 0 Å².